The Morgan fingerprint density at radius 2 is 1.78 bits per heavy atom. The lowest BCUT2D eigenvalue weighted by Crippen LogP contribution is -2.29. The van der Waals surface area contributed by atoms with Crippen molar-refractivity contribution in [1.29, 1.82) is 0 Å². The molecule has 8 nitrogen and oxygen atoms in total. The van der Waals surface area contributed by atoms with E-state index in [2.05, 4.69) is 16.4 Å². The Balaban J connectivity index is 1.35. The number of anilines is 1. The lowest BCUT2D eigenvalue weighted by atomic mass is 10.0. The number of rotatable bonds is 3. The molecular formula is C28H22N6O2. The Morgan fingerprint density at radius 1 is 0.972 bits per heavy atom. The lowest BCUT2D eigenvalue weighted by molar-refractivity contribution is -0.116. The second-order valence-corrected chi connectivity index (χ2v) is 9.20. The number of nitrogens with zero attached hydrogens (tertiary/aromatic N) is 5. The number of para-hydroxylation sites is 2. The van der Waals surface area contributed by atoms with Crippen LogP contribution in [-0.2, 0) is 31.4 Å². The molecule has 1 N–H and O–H groups in total. The third-order valence-corrected chi connectivity index (χ3v) is 7.05. The van der Waals surface area contributed by atoms with Gasteiger partial charge in [-0.05, 0) is 48.4 Å². The first-order chi connectivity index (χ1) is 17.6. The highest BCUT2D eigenvalue weighted by atomic mass is 16.2. The third-order valence-electron chi connectivity index (χ3n) is 7.05. The molecule has 0 saturated carbocycles. The van der Waals surface area contributed by atoms with Crippen LogP contribution < -0.4 is 10.9 Å². The van der Waals surface area contributed by atoms with Gasteiger partial charge in [-0.15, -0.1) is 0 Å². The molecular weight excluding hydrogens is 452 g/mol. The number of carbonyl (C=O) groups excluding carboxylic acids is 1. The summed E-state index contributed by atoms with van der Waals surface area (Å²) in [5.74, 6) is 0.452. The van der Waals surface area contributed by atoms with E-state index in [-0.39, 0.29) is 18.0 Å². The lowest BCUT2D eigenvalue weighted by Gasteiger charge is -2.21. The maximum absolute atomic E-state index is 13.3. The molecule has 0 atom stereocenters. The maximum atomic E-state index is 13.3. The fraction of sp³-hybridized carbons (Fsp3) is 0.143. The van der Waals surface area contributed by atoms with Gasteiger partial charge in [-0.1, -0.05) is 30.3 Å². The summed E-state index contributed by atoms with van der Waals surface area (Å²) in [5.41, 5.74) is 6.03. The molecule has 1 amide bonds. The van der Waals surface area contributed by atoms with Crippen LogP contribution in [0.5, 0.6) is 0 Å². The highest BCUT2D eigenvalue weighted by Gasteiger charge is 2.28. The molecule has 4 heterocycles. The number of nitrogens with one attached hydrogen (secondary N) is 1. The van der Waals surface area contributed by atoms with Gasteiger partial charge in [0.05, 0.1) is 34.0 Å². The number of amides is 1. The van der Waals surface area contributed by atoms with Gasteiger partial charge in [-0.3, -0.25) is 14.2 Å². The van der Waals surface area contributed by atoms with Crippen molar-refractivity contribution in [1.82, 2.24) is 23.7 Å². The van der Waals surface area contributed by atoms with E-state index in [0.717, 1.165) is 33.2 Å². The molecule has 8 heteroatoms. The average molecular weight is 475 g/mol. The van der Waals surface area contributed by atoms with Crippen molar-refractivity contribution in [3.63, 3.8) is 0 Å². The summed E-state index contributed by atoms with van der Waals surface area (Å²) in [7, 11) is 1.94. The van der Waals surface area contributed by atoms with E-state index in [1.807, 2.05) is 76.8 Å². The molecule has 0 radical (unpaired) electrons. The second kappa shape index (κ2) is 7.64. The van der Waals surface area contributed by atoms with Gasteiger partial charge in [-0.25, -0.2) is 9.97 Å². The molecule has 0 aliphatic carbocycles. The largest absolute Gasteiger partial charge is 0.334 e. The van der Waals surface area contributed by atoms with Crippen LogP contribution in [0.15, 0.2) is 77.9 Å². The number of hydrogen-bond donors (Lipinski definition) is 1. The van der Waals surface area contributed by atoms with Gasteiger partial charge in [0.1, 0.15) is 6.54 Å². The molecule has 36 heavy (non-hydrogen) atoms. The van der Waals surface area contributed by atoms with Crippen molar-refractivity contribution in [2.45, 2.75) is 19.5 Å². The van der Waals surface area contributed by atoms with Crippen molar-refractivity contribution in [2.75, 3.05) is 5.32 Å². The summed E-state index contributed by atoms with van der Waals surface area (Å²) in [6, 6.07) is 21.2. The van der Waals surface area contributed by atoms with E-state index in [4.69, 9.17) is 4.98 Å². The number of carbonyl (C=O) groups is 1. The summed E-state index contributed by atoms with van der Waals surface area (Å²) in [4.78, 5) is 35.9. The molecule has 0 saturated heterocycles. The Labute approximate surface area is 205 Å². The first-order valence-electron chi connectivity index (χ1n) is 11.9. The van der Waals surface area contributed by atoms with E-state index in [1.165, 1.54) is 0 Å². The smallest absolute Gasteiger partial charge is 0.261 e. The Bertz CT molecular complexity index is 1910. The summed E-state index contributed by atoms with van der Waals surface area (Å²) in [6.07, 6.45) is 2.46. The first-order valence-corrected chi connectivity index (χ1v) is 11.9. The van der Waals surface area contributed by atoms with Gasteiger partial charge in [0.2, 0.25) is 5.91 Å². The van der Waals surface area contributed by atoms with E-state index in [9.17, 15) is 9.59 Å². The van der Waals surface area contributed by atoms with Crippen molar-refractivity contribution in [3.8, 4) is 11.5 Å². The van der Waals surface area contributed by atoms with Crippen molar-refractivity contribution in [2.24, 2.45) is 7.05 Å². The summed E-state index contributed by atoms with van der Waals surface area (Å²) < 4.78 is 5.67. The highest BCUT2D eigenvalue weighted by Crippen LogP contribution is 2.36. The van der Waals surface area contributed by atoms with Gasteiger partial charge in [0.15, 0.2) is 5.82 Å². The fourth-order valence-corrected chi connectivity index (χ4v) is 5.39. The monoisotopic (exact) mass is 474 g/mol. The summed E-state index contributed by atoms with van der Waals surface area (Å²) in [6.45, 7) is 0.655. The standard InChI is InChI=1S/C28H22N6O2/c1-32-16-29-22-14-17(10-11-24(22)32)30-25(35)15-34-23-9-5-3-6-18(23)19-12-13-33-27(26(19)34)31-21-8-4-2-7-20(21)28(33)36/h2-11,14,16H,12-13,15H2,1H3,(H,30,35). The Kier molecular flexibility index (Phi) is 4.38. The minimum absolute atomic E-state index is 0.0498. The van der Waals surface area contributed by atoms with E-state index in [0.29, 0.717) is 35.4 Å². The van der Waals surface area contributed by atoms with Gasteiger partial charge in [0, 0.05) is 30.2 Å². The van der Waals surface area contributed by atoms with E-state index in [1.54, 1.807) is 10.9 Å². The normalized spacial score (nSPS) is 12.7. The topological polar surface area (TPSA) is 86.7 Å². The van der Waals surface area contributed by atoms with Crippen molar-refractivity contribution < 1.29 is 4.79 Å². The zero-order valence-corrected chi connectivity index (χ0v) is 19.6. The molecule has 3 aromatic heterocycles. The van der Waals surface area contributed by atoms with Crippen LogP contribution >= 0.6 is 0 Å². The zero-order valence-electron chi connectivity index (χ0n) is 19.6. The Morgan fingerprint density at radius 3 is 2.67 bits per heavy atom. The van der Waals surface area contributed by atoms with Crippen LogP contribution in [0.2, 0.25) is 0 Å². The predicted octanol–water partition coefficient (Wildman–Crippen LogP) is 4.10. The van der Waals surface area contributed by atoms with Gasteiger partial charge in [-0.2, -0.15) is 0 Å². The summed E-state index contributed by atoms with van der Waals surface area (Å²) in [5, 5.41) is 4.71. The van der Waals surface area contributed by atoms with E-state index < -0.39 is 0 Å². The molecule has 6 aromatic rings. The van der Waals surface area contributed by atoms with Crippen LogP contribution in [0.4, 0.5) is 5.69 Å². The molecule has 1 aliphatic rings. The zero-order chi connectivity index (χ0) is 24.4. The molecule has 7 rings (SSSR count). The number of hydrogen-bond acceptors (Lipinski definition) is 4. The molecule has 1 aliphatic heterocycles. The fourth-order valence-electron chi connectivity index (χ4n) is 5.39. The third kappa shape index (κ3) is 3.00. The quantitative estimate of drug-likeness (QED) is 0.418. The predicted molar refractivity (Wildman–Crippen MR) is 140 cm³/mol. The van der Waals surface area contributed by atoms with Crippen LogP contribution in [0.1, 0.15) is 5.56 Å². The van der Waals surface area contributed by atoms with Gasteiger partial charge < -0.3 is 14.5 Å². The number of aryl methyl sites for hydroxylation is 2. The average Bonchev–Trinajstić information content (AvgIpc) is 3.42. The number of benzene rings is 3. The highest BCUT2D eigenvalue weighted by molar-refractivity contribution is 5.97. The van der Waals surface area contributed by atoms with Crippen LogP contribution in [0.3, 0.4) is 0 Å². The molecule has 0 unspecified atom stereocenters. The number of imidazole rings is 1. The molecule has 176 valence electrons. The molecule has 0 bridgehead atoms. The SMILES string of the molecule is Cn1cnc2cc(NC(=O)Cn3c4c(c5ccccc53)CCn3c-4nc4ccccc4c3=O)ccc21. The molecule has 0 fully saturated rings. The van der Waals surface area contributed by atoms with Crippen LogP contribution in [0, 0.1) is 0 Å². The summed E-state index contributed by atoms with van der Waals surface area (Å²) >= 11 is 0. The van der Waals surface area contributed by atoms with Crippen molar-refractivity contribution in [3.05, 3.63) is 89.0 Å². The maximum Gasteiger partial charge on any atom is 0.261 e. The second-order valence-electron chi connectivity index (χ2n) is 9.20. The van der Waals surface area contributed by atoms with Gasteiger partial charge >= 0.3 is 0 Å². The molecule has 0 spiro atoms. The minimum Gasteiger partial charge on any atom is -0.334 e. The van der Waals surface area contributed by atoms with Crippen LogP contribution in [-0.4, -0.2) is 29.6 Å². The van der Waals surface area contributed by atoms with Crippen molar-refractivity contribution >= 4 is 44.4 Å². The van der Waals surface area contributed by atoms with E-state index >= 15 is 0 Å². The minimum atomic E-state index is -0.158. The van der Waals surface area contributed by atoms with Crippen LogP contribution in [0.25, 0.3) is 44.4 Å². The first kappa shape index (κ1) is 20.6. The van der Waals surface area contributed by atoms with Gasteiger partial charge in [0.25, 0.3) is 5.56 Å². The number of fused-ring (bicyclic) bond motifs is 7. The Hall–Kier alpha value is -4.72. The number of aromatic nitrogens is 5. The molecule has 3 aromatic carbocycles.